The fourth-order valence-corrected chi connectivity index (χ4v) is 4.42. The van der Waals surface area contributed by atoms with Crippen LogP contribution in [-0.2, 0) is 0 Å². The largest absolute Gasteiger partial charge is 0.327 e. The molecule has 28 heavy (non-hydrogen) atoms. The van der Waals surface area contributed by atoms with Gasteiger partial charge in [-0.1, -0.05) is 61.0 Å². The highest BCUT2D eigenvalue weighted by molar-refractivity contribution is 14.1. The van der Waals surface area contributed by atoms with Gasteiger partial charge < -0.3 is 4.98 Å². The number of rotatable bonds is 3. The zero-order chi connectivity index (χ0) is 19.1. The summed E-state index contributed by atoms with van der Waals surface area (Å²) in [5.41, 5.74) is 6.12. The van der Waals surface area contributed by atoms with E-state index >= 15 is 0 Å². The van der Waals surface area contributed by atoms with E-state index in [1.165, 1.54) is 24.8 Å². The van der Waals surface area contributed by atoms with Crippen LogP contribution in [0.15, 0.2) is 71.7 Å². The van der Waals surface area contributed by atoms with E-state index in [4.69, 9.17) is 4.98 Å². The molecule has 4 aromatic rings. The third kappa shape index (κ3) is 3.05. The molecular weight excluding hydrogens is 459 g/mol. The van der Waals surface area contributed by atoms with Crippen LogP contribution in [0.1, 0.15) is 30.7 Å². The van der Waals surface area contributed by atoms with Crippen LogP contribution >= 0.6 is 22.6 Å². The van der Waals surface area contributed by atoms with Crippen molar-refractivity contribution >= 4 is 33.5 Å². The summed E-state index contributed by atoms with van der Waals surface area (Å²) in [7, 11) is 0. The topological polar surface area (TPSA) is 45.8 Å². The van der Waals surface area contributed by atoms with Crippen LogP contribution in [0, 0.1) is 3.57 Å². The average Bonchev–Trinajstić information content (AvgIpc) is 2.70. The molecule has 138 valence electrons. The predicted octanol–water partition coefficient (Wildman–Crippen LogP) is 6.13. The monoisotopic (exact) mass is 478 g/mol. The molecule has 0 unspecified atom stereocenters. The van der Waals surface area contributed by atoms with Crippen LogP contribution in [-0.4, -0.2) is 9.97 Å². The number of H-pyrrole nitrogens is 1. The lowest BCUT2D eigenvalue weighted by molar-refractivity contribution is 0.420. The van der Waals surface area contributed by atoms with Gasteiger partial charge in [0.2, 0.25) is 0 Å². The van der Waals surface area contributed by atoms with Crippen molar-refractivity contribution in [3.8, 4) is 22.4 Å². The number of aromatic amines is 1. The van der Waals surface area contributed by atoms with Gasteiger partial charge in [0.05, 0.1) is 20.2 Å². The van der Waals surface area contributed by atoms with Crippen LogP contribution < -0.4 is 5.56 Å². The zero-order valence-electron chi connectivity index (χ0n) is 15.3. The molecule has 2 heterocycles. The molecule has 1 N–H and O–H groups in total. The standard InChI is InChI=1S/C24H19IN2O/c25-21-14-26-24(28)20-13-19(17-5-2-1-3-6-17)22(27-23(20)21)18-11-9-16(10-12-18)15-7-4-8-15/h1-3,5-6,9-15H,4,7-8H2,(H,26,28). The summed E-state index contributed by atoms with van der Waals surface area (Å²) in [5, 5.41) is 0.626. The molecule has 0 aliphatic heterocycles. The molecule has 0 spiro atoms. The maximum atomic E-state index is 12.4. The Balaban J connectivity index is 1.74. The second kappa shape index (κ2) is 7.17. The van der Waals surface area contributed by atoms with Gasteiger partial charge in [-0.15, -0.1) is 0 Å². The maximum absolute atomic E-state index is 12.4. The SMILES string of the molecule is O=c1[nH]cc(I)c2nc(-c3ccc(C4CCC4)cc3)c(-c3ccccc3)cc12. The van der Waals surface area contributed by atoms with E-state index in [0.29, 0.717) is 11.3 Å². The van der Waals surface area contributed by atoms with E-state index in [9.17, 15) is 4.79 Å². The molecule has 4 heteroatoms. The van der Waals surface area contributed by atoms with Gasteiger partial charge in [-0.05, 0) is 58.5 Å². The first-order valence-corrected chi connectivity index (χ1v) is 10.7. The summed E-state index contributed by atoms with van der Waals surface area (Å²) >= 11 is 2.23. The number of benzene rings is 2. The first kappa shape index (κ1) is 17.6. The first-order chi connectivity index (χ1) is 13.7. The molecule has 5 rings (SSSR count). The molecule has 0 bridgehead atoms. The molecule has 0 saturated heterocycles. The molecule has 1 fully saturated rings. The van der Waals surface area contributed by atoms with Crippen molar-refractivity contribution < 1.29 is 0 Å². The van der Waals surface area contributed by atoms with E-state index in [1.54, 1.807) is 6.20 Å². The summed E-state index contributed by atoms with van der Waals surface area (Å²) in [6.45, 7) is 0. The molecule has 0 atom stereocenters. The van der Waals surface area contributed by atoms with Crippen LogP contribution in [0.5, 0.6) is 0 Å². The van der Waals surface area contributed by atoms with Crippen molar-refractivity contribution in [1.82, 2.24) is 9.97 Å². The van der Waals surface area contributed by atoms with Gasteiger partial charge >= 0.3 is 0 Å². The minimum Gasteiger partial charge on any atom is -0.327 e. The van der Waals surface area contributed by atoms with Gasteiger partial charge in [0, 0.05) is 17.3 Å². The Kier molecular flexibility index (Phi) is 4.51. The minimum atomic E-state index is -0.105. The predicted molar refractivity (Wildman–Crippen MR) is 123 cm³/mol. The van der Waals surface area contributed by atoms with Gasteiger partial charge in [0.1, 0.15) is 0 Å². The smallest absolute Gasteiger partial charge is 0.257 e. The third-order valence-corrected chi connectivity index (χ3v) is 6.49. The number of nitrogens with zero attached hydrogens (tertiary/aromatic N) is 1. The van der Waals surface area contributed by atoms with E-state index in [-0.39, 0.29) is 5.56 Å². The Morgan fingerprint density at radius 3 is 2.39 bits per heavy atom. The summed E-state index contributed by atoms with van der Waals surface area (Å²) in [6.07, 6.45) is 5.65. The Morgan fingerprint density at radius 1 is 0.964 bits per heavy atom. The molecule has 2 aromatic carbocycles. The average molecular weight is 478 g/mol. The van der Waals surface area contributed by atoms with Crippen LogP contribution in [0.3, 0.4) is 0 Å². The molecular formula is C24H19IN2O. The van der Waals surface area contributed by atoms with Crippen molar-refractivity contribution in [3.63, 3.8) is 0 Å². The van der Waals surface area contributed by atoms with E-state index < -0.39 is 0 Å². The number of hydrogen-bond donors (Lipinski definition) is 1. The summed E-state index contributed by atoms with van der Waals surface area (Å²) in [5.74, 6) is 0.715. The molecule has 1 aliphatic rings. The van der Waals surface area contributed by atoms with E-state index in [1.807, 2.05) is 24.3 Å². The number of halogens is 1. The first-order valence-electron chi connectivity index (χ1n) is 9.58. The normalized spacial score (nSPS) is 14.2. The Bertz CT molecular complexity index is 1210. The highest BCUT2D eigenvalue weighted by Crippen LogP contribution is 2.38. The Hall–Kier alpha value is -2.47. The highest BCUT2D eigenvalue weighted by Gasteiger charge is 2.20. The number of fused-ring (bicyclic) bond motifs is 1. The summed E-state index contributed by atoms with van der Waals surface area (Å²) < 4.78 is 0.944. The van der Waals surface area contributed by atoms with E-state index in [0.717, 1.165) is 31.5 Å². The quantitative estimate of drug-likeness (QED) is 0.360. The fraction of sp³-hybridized carbons (Fsp3) is 0.167. The third-order valence-electron chi connectivity index (χ3n) is 5.67. The molecule has 0 radical (unpaired) electrons. The zero-order valence-corrected chi connectivity index (χ0v) is 17.4. The fourth-order valence-electron chi connectivity index (χ4n) is 3.86. The lowest BCUT2D eigenvalue weighted by Gasteiger charge is -2.25. The van der Waals surface area contributed by atoms with Gasteiger partial charge in [-0.3, -0.25) is 4.79 Å². The van der Waals surface area contributed by atoms with Gasteiger partial charge in [-0.2, -0.15) is 0 Å². The lowest BCUT2D eigenvalue weighted by atomic mass is 9.80. The van der Waals surface area contributed by atoms with E-state index in [2.05, 4.69) is 64.0 Å². The van der Waals surface area contributed by atoms with Crippen LogP contribution in [0.4, 0.5) is 0 Å². The van der Waals surface area contributed by atoms with Crippen molar-refractivity contribution in [3.05, 3.63) is 86.3 Å². The summed E-state index contributed by atoms with van der Waals surface area (Å²) in [6, 6.07) is 21.0. The maximum Gasteiger partial charge on any atom is 0.257 e. The second-order valence-electron chi connectivity index (χ2n) is 7.36. The number of hydrogen-bond acceptors (Lipinski definition) is 2. The molecule has 1 aliphatic carbocycles. The van der Waals surface area contributed by atoms with Crippen molar-refractivity contribution in [2.45, 2.75) is 25.2 Å². The number of pyridine rings is 2. The minimum absolute atomic E-state index is 0.105. The second-order valence-corrected chi connectivity index (χ2v) is 8.52. The number of nitrogens with one attached hydrogen (secondary N) is 1. The van der Waals surface area contributed by atoms with Gasteiger partial charge in [-0.25, -0.2) is 4.98 Å². The van der Waals surface area contributed by atoms with Crippen molar-refractivity contribution in [2.24, 2.45) is 0 Å². The van der Waals surface area contributed by atoms with Crippen LogP contribution in [0.2, 0.25) is 0 Å². The molecule has 3 nitrogen and oxygen atoms in total. The Morgan fingerprint density at radius 2 is 1.71 bits per heavy atom. The van der Waals surface area contributed by atoms with Crippen molar-refractivity contribution in [2.75, 3.05) is 0 Å². The van der Waals surface area contributed by atoms with Gasteiger partial charge in [0.15, 0.2) is 0 Å². The van der Waals surface area contributed by atoms with Crippen molar-refractivity contribution in [1.29, 1.82) is 0 Å². The molecule has 1 saturated carbocycles. The molecule has 2 aromatic heterocycles. The van der Waals surface area contributed by atoms with Crippen LogP contribution in [0.25, 0.3) is 33.3 Å². The van der Waals surface area contributed by atoms with Gasteiger partial charge in [0.25, 0.3) is 5.56 Å². The molecule has 0 amide bonds. The summed E-state index contributed by atoms with van der Waals surface area (Å²) in [4.78, 5) is 20.2. The Labute approximate surface area is 177 Å². The number of aromatic nitrogens is 2. The highest BCUT2D eigenvalue weighted by atomic mass is 127. The lowest BCUT2D eigenvalue weighted by Crippen LogP contribution is -2.09.